The number of nitrogens with zero attached hydrogens (tertiary/aromatic N) is 1. The van der Waals surface area contributed by atoms with Crippen molar-refractivity contribution < 1.29 is 4.79 Å². The topological polar surface area (TPSA) is 20.3 Å². The monoisotopic (exact) mass is 181 g/mol. The van der Waals surface area contributed by atoms with E-state index in [2.05, 4.69) is 11.9 Å². The first-order valence-corrected chi connectivity index (χ1v) is 5.45. The third-order valence-corrected chi connectivity index (χ3v) is 3.67. The minimum atomic E-state index is 0.0747. The molecule has 0 N–H and O–H groups in total. The largest absolute Gasteiger partial charge is 0.305 e. The van der Waals surface area contributed by atoms with Gasteiger partial charge in [0.15, 0.2) is 0 Å². The van der Waals surface area contributed by atoms with Crippen LogP contribution < -0.4 is 0 Å². The lowest BCUT2D eigenvalue weighted by Crippen LogP contribution is -2.47. The smallest absolute Gasteiger partial charge is 0.140 e. The van der Waals surface area contributed by atoms with E-state index < -0.39 is 0 Å². The maximum atomic E-state index is 11.9. The van der Waals surface area contributed by atoms with Gasteiger partial charge in [0.1, 0.15) is 5.78 Å². The van der Waals surface area contributed by atoms with E-state index in [0.29, 0.717) is 5.78 Å². The first-order chi connectivity index (χ1) is 6.23. The van der Waals surface area contributed by atoms with Crippen LogP contribution in [0.3, 0.4) is 0 Å². The number of carbonyl (C=O) groups excluding carboxylic acids is 1. The van der Waals surface area contributed by atoms with Gasteiger partial charge < -0.3 is 4.90 Å². The molecule has 0 unspecified atom stereocenters. The van der Waals surface area contributed by atoms with Crippen LogP contribution in [-0.2, 0) is 4.79 Å². The van der Waals surface area contributed by atoms with Crippen LogP contribution in [0.4, 0.5) is 0 Å². The molecule has 2 aliphatic rings. The van der Waals surface area contributed by atoms with Gasteiger partial charge >= 0.3 is 0 Å². The number of piperidine rings is 1. The number of hydrogen-bond donors (Lipinski definition) is 0. The summed E-state index contributed by atoms with van der Waals surface area (Å²) in [6.45, 7) is 2.20. The number of hydrogen-bond acceptors (Lipinski definition) is 2. The van der Waals surface area contributed by atoms with Crippen molar-refractivity contribution in [1.29, 1.82) is 0 Å². The van der Waals surface area contributed by atoms with Crippen LogP contribution in [0, 0.1) is 5.41 Å². The second kappa shape index (κ2) is 3.41. The summed E-state index contributed by atoms with van der Waals surface area (Å²) in [4.78, 5) is 14.2. The Labute approximate surface area is 80.3 Å². The summed E-state index contributed by atoms with van der Waals surface area (Å²) < 4.78 is 0. The molecular weight excluding hydrogens is 162 g/mol. The Morgan fingerprint density at radius 1 is 1.23 bits per heavy atom. The molecule has 0 aromatic carbocycles. The molecule has 2 fully saturated rings. The van der Waals surface area contributed by atoms with Crippen LogP contribution >= 0.6 is 0 Å². The predicted molar refractivity (Wildman–Crippen MR) is 52.6 cm³/mol. The molecule has 1 heterocycles. The molecule has 0 radical (unpaired) electrons. The summed E-state index contributed by atoms with van der Waals surface area (Å²) in [6.07, 6.45) is 6.74. The third-order valence-electron chi connectivity index (χ3n) is 3.67. The minimum Gasteiger partial charge on any atom is -0.305 e. The summed E-state index contributed by atoms with van der Waals surface area (Å²) >= 11 is 0. The van der Waals surface area contributed by atoms with Crippen LogP contribution in [0.5, 0.6) is 0 Å². The first-order valence-electron chi connectivity index (χ1n) is 5.45. The summed E-state index contributed by atoms with van der Waals surface area (Å²) in [6, 6.07) is 0. The highest BCUT2D eigenvalue weighted by Gasteiger charge is 2.41. The molecule has 2 rings (SSSR count). The Morgan fingerprint density at radius 3 is 2.69 bits per heavy atom. The van der Waals surface area contributed by atoms with E-state index in [9.17, 15) is 4.79 Å². The zero-order chi connectivity index (χ0) is 9.31. The normalized spacial score (nSPS) is 36.8. The van der Waals surface area contributed by atoms with Gasteiger partial charge in [-0.3, -0.25) is 4.79 Å². The minimum absolute atomic E-state index is 0.0747. The molecule has 0 aromatic heterocycles. The molecule has 1 saturated heterocycles. The number of ketones is 1. The van der Waals surface area contributed by atoms with Crippen molar-refractivity contribution in [2.75, 3.05) is 20.1 Å². The number of rotatable bonds is 0. The van der Waals surface area contributed by atoms with E-state index in [1.807, 2.05) is 0 Å². The Balaban J connectivity index is 2.11. The summed E-state index contributed by atoms with van der Waals surface area (Å²) in [7, 11) is 2.14. The molecule has 13 heavy (non-hydrogen) atoms. The Kier molecular flexibility index (Phi) is 2.41. The van der Waals surface area contributed by atoms with Crippen molar-refractivity contribution in [3.63, 3.8) is 0 Å². The van der Waals surface area contributed by atoms with Gasteiger partial charge in [0, 0.05) is 18.4 Å². The van der Waals surface area contributed by atoms with Gasteiger partial charge in [0.05, 0.1) is 0 Å². The van der Waals surface area contributed by atoms with Crippen molar-refractivity contribution in [2.24, 2.45) is 5.41 Å². The maximum Gasteiger partial charge on any atom is 0.140 e. The van der Waals surface area contributed by atoms with Crippen LogP contribution in [0.25, 0.3) is 0 Å². The molecular formula is C11H19NO. The fourth-order valence-corrected chi connectivity index (χ4v) is 2.95. The molecule has 1 saturated carbocycles. The van der Waals surface area contributed by atoms with Gasteiger partial charge in [0.2, 0.25) is 0 Å². The van der Waals surface area contributed by atoms with Crippen molar-refractivity contribution in [1.82, 2.24) is 4.90 Å². The molecule has 2 heteroatoms. The lowest BCUT2D eigenvalue weighted by Gasteiger charge is -2.42. The number of carbonyl (C=O) groups is 1. The number of Topliss-reactive ketones (excluding diaryl/α,β-unsaturated/α-hetero) is 1. The predicted octanol–water partition coefficient (Wildman–Crippen LogP) is 1.84. The molecule has 0 bridgehead atoms. The quantitative estimate of drug-likeness (QED) is 0.568. The zero-order valence-electron chi connectivity index (χ0n) is 8.51. The third kappa shape index (κ3) is 1.64. The van der Waals surface area contributed by atoms with Crippen LogP contribution in [0.1, 0.15) is 38.5 Å². The molecule has 1 aliphatic heterocycles. The molecule has 0 amide bonds. The summed E-state index contributed by atoms with van der Waals surface area (Å²) in [5.74, 6) is 0.547. The second-order valence-electron chi connectivity index (χ2n) is 4.75. The molecule has 0 aromatic rings. The molecule has 1 aliphatic carbocycles. The van der Waals surface area contributed by atoms with E-state index >= 15 is 0 Å². The fourth-order valence-electron chi connectivity index (χ4n) is 2.95. The highest BCUT2D eigenvalue weighted by Crippen LogP contribution is 2.40. The highest BCUT2D eigenvalue weighted by molar-refractivity contribution is 5.85. The van der Waals surface area contributed by atoms with Crippen molar-refractivity contribution in [3.8, 4) is 0 Å². The van der Waals surface area contributed by atoms with Crippen molar-refractivity contribution in [2.45, 2.75) is 38.5 Å². The first kappa shape index (κ1) is 9.20. The Bertz CT molecular complexity index is 210. The standard InChI is InChI=1S/C11H19NO/c1-12-8-4-7-11(9-12)6-3-2-5-10(11)13/h2-9H2,1H3/t11-/m1/s1. The summed E-state index contributed by atoms with van der Waals surface area (Å²) in [5, 5.41) is 0. The molecule has 74 valence electrons. The Morgan fingerprint density at radius 2 is 2.00 bits per heavy atom. The lowest BCUT2D eigenvalue weighted by atomic mass is 9.68. The molecule has 2 nitrogen and oxygen atoms in total. The second-order valence-corrected chi connectivity index (χ2v) is 4.75. The Hall–Kier alpha value is -0.370. The van der Waals surface area contributed by atoms with E-state index in [4.69, 9.17) is 0 Å². The molecule has 1 spiro atoms. The number of likely N-dealkylation sites (tertiary alicyclic amines) is 1. The van der Waals surface area contributed by atoms with E-state index in [-0.39, 0.29) is 5.41 Å². The van der Waals surface area contributed by atoms with E-state index in [1.54, 1.807) is 0 Å². The lowest BCUT2D eigenvalue weighted by molar-refractivity contribution is -0.134. The van der Waals surface area contributed by atoms with Crippen LogP contribution in [-0.4, -0.2) is 30.8 Å². The van der Waals surface area contributed by atoms with Gasteiger partial charge in [-0.15, -0.1) is 0 Å². The van der Waals surface area contributed by atoms with E-state index in [1.165, 1.54) is 19.4 Å². The maximum absolute atomic E-state index is 11.9. The SMILES string of the molecule is CN1CCC[C@]2(CCCCC2=O)C1. The van der Waals surface area contributed by atoms with Gasteiger partial charge in [-0.25, -0.2) is 0 Å². The van der Waals surface area contributed by atoms with Crippen LogP contribution in [0.15, 0.2) is 0 Å². The van der Waals surface area contributed by atoms with E-state index in [0.717, 1.165) is 32.2 Å². The average molecular weight is 181 g/mol. The van der Waals surface area contributed by atoms with Gasteiger partial charge in [-0.05, 0) is 39.3 Å². The summed E-state index contributed by atoms with van der Waals surface area (Å²) in [5.41, 5.74) is 0.0747. The highest BCUT2D eigenvalue weighted by atomic mass is 16.1. The average Bonchev–Trinajstić information content (AvgIpc) is 2.11. The van der Waals surface area contributed by atoms with Gasteiger partial charge in [-0.1, -0.05) is 6.42 Å². The van der Waals surface area contributed by atoms with Crippen LogP contribution in [0.2, 0.25) is 0 Å². The van der Waals surface area contributed by atoms with Gasteiger partial charge in [0.25, 0.3) is 0 Å². The fraction of sp³-hybridized carbons (Fsp3) is 0.909. The van der Waals surface area contributed by atoms with Crippen molar-refractivity contribution in [3.05, 3.63) is 0 Å². The zero-order valence-corrected chi connectivity index (χ0v) is 8.51. The van der Waals surface area contributed by atoms with Crippen molar-refractivity contribution >= 4 is 5.78 Å². The van der Waals surface area contributed by atoms with Gasteiger partial charge in [-0.2, -0.15) is 0 Å². The molecule has 1 atom stereocenters.